The topological polar surface area (TPSA) is 53.7 Å². The SMILES string of the molecule is COc1cc(OC)c(C2CC2N)cc1OC. The van der Waals surface area contributed by atoms with Gasteiger partial charge >= 0.3 is 0 Å². The Morgan fingerprint density at radius 3 is 1.94 bits per heavy atom. The van der Waals surface area contributed by atoms with Gasteiger partial charge in [-0.25, -0.2) is 0 Å². The van der Waals surface area contributed by atoms with Crippen molar-refractivity contribution in [2.45, 2.75) is 18.4 Å². The molecule has 16 heavy (non-hydrogen) atoms. The van der Waals surface area contributed by atoms with Crippen molar-refractivity contribution in [3.63, 3.8) is 0 Å². The Morgan fingerprint density at radius 1 is 1.00 bits per heavy atom. The van der Waals surface area contributed by atoms with Gasteiger partial charge in [0, 0.05) is 23.6 Å². The van der Waals surface area contributed by atoms with Crippen LogP contribution < -0.4 is 19.9 Å². The summed E-state index contributed by atoms with van der Waals surface area (Å²) in [6.45, 7) is 0. The van der Waals surface area contributed by atoms with E-state index in [1.807, 2.05) is 12.1 Å². The minimum absolute atomic E-state index is 0.243. The second-order valence-corrected chi connectivity index (χ2v) is 3.96. The van der Waals surface area contributed by atoms with Crippen molar-refractivity contribution in [3.8, 4) is 17.2 Å². The highest BCUT2D eigenvalue weighted by molar-refractivity contribution is 5.53. The lowest BCUT2D eigenvalue weighted by atomic mass is 10.1. The molecule has 1 aromatic carbocycles. The monoisotopic (exact) mass is 223 g/mol. The van der Waals surface area contributed by atoms with Crippen LogP contribution in [-0.4, -0.2) is 27.4 Å². The Bertz CT molecular complexity index is 392. The number of hydrogen-bond donors (Lipinski definition) is 1. The summed E-state index contributed by atoms with van der Waals surface area (Å²) in [6, 6.07) is 4.04. The maximum atomic E-state index is 5.86. The van der Waals surface area contributed by atoms with E-state index in [2.05, 4.69) is 0 Å². The number of hydrogen-bond acceptors (Lipinski definition) is 4. The maximum Gasteiger partial charge on any atom is 0.164 e. The molecular formula is C12H17NO3. The first-order chi connectivity index (χ1) is 7.71. The van der Waals surface area contributed by atoms with Gasteiger partial charge in [-0.3, -0.25) is 0 Å². The Balaban J connectivity index is 2.42. The zero-order valence-corrected chi connectivity index (χ0v) is 9.82. The number of ether oxygens (including phenoxy) is 3. The van der Waals surface area contributed by atoms with Crippen LogP contribution in [0.5, 0.6) is 17.2 Å². The first-order valence-electron chi connectivity index (χ1n) is 5.26. The summed E-state index contributed by atoms with van der Waals surface area (Å²) in [5, 5.41) is 0. The summed E-state index contributed by atoms with van der Waals surface area (Å²) in [5.74, 6) is 2.60. The van der Waals surface area contributed by atoms with Gasteiger partial charge in [0.15, 0.2) is 11.5 Å². The van der Waals surface area contributed by atoms with Crippen molar-refractivity contribution >= 4 is 0 Å². The van der Waals surface area contributed by atoms with Gasteiger partial charge in [0.2, 0.25) is 0 Å². The van der Waals surface area contributed by atoms with Gasteiger partial charge in [0.1, 0.15) is 5.75 Å². The Kier molecular flexibility index (Phi) is 2.92. The fourth-order valence-electron chi connectivity index (χ4n) is 1.91. The lowest BCUT2D eigenvalue weighted by molar-refractivity contribution is 0.347. The number of benzene rings is 1. The molecule has 0 spiro atoms. The van der Waals surface area contributed by atoms with Crippen molar-refractivity contribution < 1.29 is 14.2 Å². The van der Waals surface area contributed by atoms with Crippen LogP contribution in [-0.2, 0) is 0 Å². The third-order valence-corrected chi connectivity index (χ3v) is 2.98. The summed E-state index contributed by atoms with van der Waals surface area (Å²) >= 11 is 0. The predicted molar refractivity (Wildman–Crippen MR) is 61.4 cm³/mol. The molecule has 2 N–H and O–H groups in total. The maximum absolute atomic E-state index is 5.86. The quantitative estimate of drug-likeness (QED) is 0.841. The average Bonchev–Trinajstić information content (AvgIpc) is 3.04. The van der Waals surface area contributed by atoms with Gasteiger partial charge in [0.25, 0.3) is 0 Å². The van der Waals surface area contributed by atoms with E-state index in [1.54, 1.807) is 21.3 Å². The summed E-state index contributed by atoms with van der Waals surface area (Å²) in [6.07, 6.45) is 1.01. The molecule has 0 saturated heterocycles. The lowest BCUT2D eigenvalue weighted by Crippen LogP contribution is -2.03. The lowest BCUT2D eigenvalue weighted by Gasteiger charge is -2.13. The highest BCUT2D eigenvalue weighted by atomic mass is 16.5. The summed E-state index contributed by atoms with van der Waals surface area (Å²) in [4.78, 5) is 0. The van der Waals surface area contributed by atoms with Crippen molar-refractivity contribution in [2.24, 2.45) is 5.73 Å². The van der Waals surface area contributed by atoms with Crippen molar-refractivity contribution in [3.05, 3.63) is 17.7 Å². The average molecular weight is 223 g/mol. The molecule has 1 aromatic rings. The minimum Gasteiger partial charge on any atom is -0.496 e. The molecule has 0 amide bonds. The van der Waals surface area contributed by atoms with Crippen LogP contribution in [0.4, 0.5) is 0 Å². The van der Waals surface area contributed by atoms with Gasteiger partial charge < -0.3 is 19.9 Å². The van der Waals surface area contributed by atoms with Crippen LogP contribution in [0.3, 0.4) is 0 Å². The predicted octanol–water partition coefficient (Wildman–Crippen LogP) is 1.53. The zero-order valence-electron chi connectivity index (χ0n) is 9.82. The second-order valence-electron chi connectivity index (χ2n) is 3.96. The number of rotatable bonds is 4. The molecule has 0 aliphatic heterocycles. The molecular weight excluding hydrogens is 206 g/mol. The van der Waals surface area contributed by atoms with Gasteiger partial charge in [0.05, 0.1) is 21.3 Å². The third-order valence-electron chi connectivity index (χ3n) is 2.98. The molecule has 88 valence electrons. The largest absolute Gasteiger partial charge is 0.496 e. The van der Waals surface area contributed by atoms with Gasteiger partial charge in [-0.05, 0) is 12.5 Å². The van der Waals surface area contributed by atoms with Gasteiger partial charge in [-0.1, -0.05) is 0 Å². The smallest absolute Gasteiger partial charge is 0.164 e. The summed E-state index contributed by atoms with van der Waals surface area (Å²) in [7, 11) is 4.89. The van der Waals surface area contributed by atoms with E-state index in [0.717, 1.165) is 23.5 Å². The van der Waals surface area contributed by atoms with E-state index >= 15 is 0 Å². The third kappa shape index (κ3) is 1.80. The highest BCUT2D eigenvalue weighted by Gasteiger charge is 2.37. The van der Waals surface area contributed by atoms with Gasteiger partial charge in [-0.2, -0.15) is 0 Å². The molecule has 4 nitrogen and oxygen atoms in total. The molecule has 2 unspecified atom stereocenters. The van der Waals surface area contributed by atoms with E-state index in [-0.39, 0.29) is 6.04 Å². The van der Waals surface area contributed by atoms with Crippen LogP contribution in [0.15, 0.2) is 12.1 Å². The molecule has 0 bridgehead atoms. The van der Waals surface area contributed by atoms with Crippen LogP contribution >= 0.6 is 0 Å². The molecule has 2 rings (SSSR count). The number of nitrogens with two attached hydrogens (primary N) is 1. The van der Waals surface area contributed by atoms with E-state index in [9.17, 15) is 0 Å². The molecule has 2 atom stereocenters. The molecule has 1 aliphatic rings. The summed E-state index contributed by atoms with van der Waals surface area (Å²) in [5.41, 5.74) is 6.96. The van der Waals surface area contributed by atoms with Crippen molar-refractivity contribution in [2.75, 3.05) is 21.3 Å². The van der Waals surface area contributed by atoms with E-state index in [1.165, 1.54) is 0 Å². The van der Waals surface area contributed by atoms with Gasteiger partial charge in [-0.15, -0.1) is 0 Å². The second kappa shape index (κ2) is 4.22. The fraction of sp³-hybridized carbons (Fsp3) is 0.500. The molecule has 0 radical (unpaired) electrons. The van der Waals surface area contributed by atoms with Crippen molar-refractivity contribution in [1.82, 2.24) is 0 Å². The molecule has 1 aliphatic carbocycles. The van der Waals surface area contributed by atoms with E-state index in [0.29, 0.717) is 11.7 Å². The molecule has 1 saturated carbocycles. The standard InChI is InChI=1S/C12H17NO3/c1-14-10-6-12(16-3)11(15-2)5-8(10)7-4-9(7)13/h5-7,9H,4,13H2,1-3H3. The number of methoxy groups -OCH3 is 3. The molecule has 1 fully saturated rings. The van der Waals surface area contributed by atoms with Crippen LogP contribution in [0, 0.1) is 0 Å². The fourth-order valence-corrected chi connectivity index (χ4v) is 1.91. The molecule has 0 heterocycles. The first-order valence-corrected chi connectivity index (χ1v) is 5.26. The van der Waals surface area contributed by atoms with Crippen LogP contribution in [0.2, 0.25) is 0 Å². The summed E-state index contributed by atoms with van der Waals surface area (Å²) < 4.78 is 15.8. The van der Waals surface area contributed by atoms with E-state index in [4.69, 9.17) is 19.9 Å². The molecule has 0 aromatic heterocycles. The minimum atomic E-state index is 0.243. The normalized spacial score (nSPS) is 22.8. The zero-order chi connectivity index (χ0) is 11.7. The first kappa shape index (κ1) is 11.1. The van der Waals surface area contributed by atoms with Crippen molar-refractivity contribution in [1.29, 1.82) is 0 Å². The Labute approximate surface area is 95.3 Å². The van der Waals surface area contributed by atoms with E-state index < -0.39 is 0 Å². The Hall–Kier alpha value is -1.42. The molecule has 4 heteroatoms. The highest BCUT2D eigenvalue weighted by Crippen LogP contribution is 2.47. The Morgan fingerprint density at radius 2 is 1.50 bits per heavy atom. The van der Waals surface area contributed by atoms with Crippen LogP contribution in [0.1, 0.15) is 17.9 Å². The van der Waals surface area contributed by atoms with Crippen LogP contribution in [0.25, 0.3) is 0 Å².